The molecule has 0 amide bonds. The Labute approximate surface area is 126 Å². The maximum absolute atomic E-state index is 13.8. The monoisotopic (exact) mass is 315 g/mol. The minimum absolute atomic E-state index is 0.226. The normalized spacial score (nSPS) is 12.4. The van der Waals surface area contributed by atoms with Gasteiger partial charge < -0.3 is 5.32 Å². The van der Waals surface area contributed by atoms with Crippen molar-refractivity contribution in [3.63, 3.8) is 0 Å². The Hall–Kier alpha value is -1.16. The predicted molar refractivity (Wildman–Crippen MR) is 78.3 cm³/mol. The Morgan fingerprint density at radius 3 is 2.50 bits per heavy atom. The standard InChI is InChI=1S/C15H13Cl2F2N/c1-20-15(12-4-3-11(18)8-13(12)17)7-9-6-10(16)2-5-14(9)19/h2-6,8,15,20H,7H2,1H3. The zero-order valence-electron chi connectivity index (χ0n) is 10.8. The molecule has 1 atom stereocenters. The molecule has 0 aliphatic heterocycles. The summed E-state index contributed by atoms with van der Waals surface area (Å²) < 4.78 is 26.8. The van der Waals surface area contributed by atoms with Crippen molar-refractivity contribution >= 4 is 23.2 Å². The van der Waals surface area contributed by atoms with Crippen LogP contribution in [0.3, 0.4) is 0 Å². The molecule has 0 radical (unpaired) electrons. The number of rotatable bonds is 4. The summed E-state index contributed by atoms with van der Waals surface area (Å²) in [5.74, 6) is -0.726. The highest BCUT2D eigenvalue weighted by molar-refractivity contribution is 6.31. The van der Waals surface area contributed by atoms with Gasteiger partial charge in [0, 0.05) is 16.1 Å². The maximum Gasteiger partial charge on any atom is 0.126 e. The molecule has 5 heteroatoms. The lowest BCUT2D eigenvalue weighted by molar-refractivity contribution is 0.552. The summed E-state index contributed by atoms with van der Waals surface area (Å²) >= 11 is 11.9. The van der Waals surface area contributed by atoms with Crippen LogP contribution in [-0.4, -0.2) is 7.05 Å². The van der Waals surface area contributed by atoms with Crippen molar-refractivity contribution in [2.45, 2.75) is 12.5 Å². The molecular weight excluding hydrogens is 303 g/mol. The van der Waals surface area contributed by atoms with E-state index in [1.54, 1.807) is 19.2 Å². The van der Waals surface area contributed by atoms with Crippen molar-refractivity contribution in [1.29, 1.82) is 0 Å². The van der Waals surface area contributed by atoms with Gasteiger partial charge in [-0.25, -0.2) is 8.78 Å². The summed E-state index contributed by atoms with van der Waals surface area (Å²) in [5, 5.41) is 3.84. The number of likely N-dealkylation sites (N-methyl/N-ethyl adjacent to an activating group) is 1. The van der Waals surface area contributed by atoms with E-state index in [0.29, 0.717) is 22.0 Å². The lowest BCUT2D eigenvalue weighted by atomic mass is 9.98. The van der Waals surface area contributed by atoms with Crippen LogP contribution in [0, 0.1) is 11.6 Å². The highest BCUT2D eigenvalue weighted by atomic mass is 35.5. The van der Waals surface area contributed by atoms with Gasteiger partial charge in [-0.3, -0.25) is 0 Å². The van der Waals surface area contributed by atoms with Crippen molar-refractivity contribution in [1.82, 2.24) is 5.32 Å². The van der Waals surface area contributed by atoms with Crippen LogP contribution >= 0.6 is 23.2 Å². The summed E-state index contributed by atoms with van der Waals surface area (Å²) in [7, 11) is 1.74. The smallest absolute Gasteiger partial charge is 0.126 e. The fraction of sp³-hybridized carbons (Fsp3) is 0.200. The molecule has 1 N–H and O–H groups in total. The molecule has 0 bridgehead atoms. The third-order valence-corrected chi connectivity index (χ3v) is 3.68. The zero-order valence-corrected chi connectivity index (χ0v) is 12.3. The van der Waals surface area contributed by atoms with Crippen LogP contribution in [0.5, 0.6) is 0 Å². The number of nitrogens with one attached hydrogen (secondary N) is 1. The first-order valence-electron chi connectivity index (χ1n) is 6.07. The van der Waals surface area contributed by atoms with Crippen LogP contribution < -0.4 is 5.32 Å². The lowest BCUT2D eigenvalue weighted by Gasteiger charge is -2.18. The highest BCUT2D eigenvalue weighted by Crippen LogP contribution is 2.28. The first-order chi connectivity index (χ1) is 9.51. The molecular formula is C15H13Cl2F2N. The van der Waals surface area contributed by atoms with Gasteiger partial charge in [-0.1, -0.05) is 29.3 Å². The third kappa shape index (κ3) is 3.48. The van der Waals surface area contributed by atoms with E-state index in [1.165, 1.54) is 24.3 Å². The van der Waals surface area contributed by atoms with Gasteiger partial charge in [0.15, 0.2) is 0 Å². The second-order valence-corrected chi connectivity index (χ2v) is 5.29. The Morgan fingerprint density at radius 2 is 1.85 bits per heavy atom. The topological polar surface area (TPSA) is 12.0 Å². The van der Waals surface area contributed by atoms with E-state index in [1.807, 2.05) is 0 Å². The minimum atomic E-state index is -0.400. The van der Waals surface area contributed by atoms with Gasteiger partial charge >= 0.3 is 0 Å². The molecule has 20 heavy (non-hydrogen) atoms. The van der Waals surface area contributed by atoms with Crippen molar-refractivity contribution in [3.05, 3.63) is 69.2 Å². The van der Waals surface area contributed by atoms with E-state index in [-0.39, 0.29) is 11.9 Å². The molecule has 0 heterocycles. The van der Waals surface area contributed by atoms with Gasteiger partial charge in [0.05, 0.1) is 0 Å². The first kappa shape index (κ1) is 15.2. The number of hydrogen-bond acceptors (Lipinski definition) is 1. The van der Waals surface area contributed by atoms with E-state index in [9.17, 15) is 8.78 Å². The molecule has 2 rings (SSSR count). The molecule has 106 valence electrons. The van der Waals surface area contributed by atoms with E-state index in [2.05, 4.69) is 5.32 Å². The van der Waals surface area contributed by atoms with Crippen LogP contribution in [0.2, 0.25) is 10.0 Å². The fourth-order valence-electron chi connectivity index (χ4n) is 2.07. The molecule has 0 saturated carbocycles. The summed E-state index contributed by atoms with van der Waals surface area (Å²) in [6.45, 7) is 0. The van der Waals surface area contributed by atoms with Crippen molar-refractivity contribution in [2.75, 3.05) is 7.05 Å². The van der Waals surface area contributed by atoms with Gasteiger partial charge in [0.1, 0.15) is 11.6 Å². The zero-order chi connectivity index (χ0) is 14.7. The Morgan fingerprint density at radius 1 is 1.10 bits per heavy atom. The largest absolute Gasteiger partial charge is 0.313 e. The van der Waals surface area contributed by atoms with Crippen LogP contribution in [0.4, 0.5) is 8.78 Å². The van der Waals surface area contributed by atoms with Crippen LogP contribution in [-0.2, 0) is 6.42 Å². The van der Waals surface area contributed by atoms with E-state index < -0.39 is 5.82 Å². The predicted octanol–water partition coefficient (Wildman–Crippen LogP) is 4.77. The molecule has 2 aromatic carbocycles. The summed E-state index contributed by atoms with van der Waals surface area (Å²) in [5.41, 5.74) is 1.20. The van der Waals surface area contributed by atoms with Crippen molar-refractivity contribution in [2.24, 2.45) is 0 Å². The molecule has 0 aromatic heterocycles. The summed E-state index contributed by atoms with van der Waals surface area (Å²) in [4.78, 5) is 0. The molecule has 1 nitrogen and oxygen atoms in total. The maximum atomic E-state index is 13.8. The molecule has 2 aromatic rings. The molecule has 0 spiro atoms. The van der Waals surface area contributed by atoms with Gasteiger partial charge in [-0.2, -0.15) is 0 Å². The molecule has 0 aliphatic carbocycles. The summed E-state index contributed by atoms with van der Waals surface area (Å²) in [6.07, 6.45) is 0.369. The third-order valence-electron chi connectivity index (χ3n) is 3.12. The summed E-state index contributed by atoms with van der Waals surface area (Å²) in [6, 6.07) is 8.36. The molecule has 0 saturated heterocycles. The number of hydrogen-bond donors (Lipinski definition) is 1. The van der Waals surface area contributed by atoms with Gasteiger partial charge in [-0.15, -0.1) is 0 Å². The van der Waals surface area contributed by atoms with Gasteiger partial charge in [-0.05, 0) is 54.9 Å². The highest BCUT2D eigenvalue weighted by Gasteiger charge is 2.16. The van der Waals surface area contributed by atoms with E-state index in [4.69, 9.17) is 23.2 Å². The van der Waals surface area contributed by atoms with Gasteiger partial charge in [0.25, 0.3) is 0 Å². The minimum Gasteiger partial charge on any atom is -0.313 e. The van der Waals surface area contributed by atoms with Crippen LogP contribution in [0.15, 0.2) is 36.4 Å². The average Bonchev–Trinajstić information content (AvgIpc) is 2.40. The number of benzene rings is 2. The van der Waals surface area contributed by atoms with E-state index in [0.717, 1.165) is 5.56 Å². The number of halogens is 4. The second kappa shape index (κ2) is 6.53. The Balaban J connectivity index is 2.31. The van der Waals surface area contributed by atoms with E-state index >= 15 is 0 Å². The average molecular weight is 316 g/mol. The SMILES string of the molecule is CNC(Cc1cc(Cl)ccc1F)c1ccc(F)cc1Cl. The van der Waals surface area contributed by atoms with Crippen LogP contribution in [0.1, 0.15) is 17.2 Å². The van der Waals surface area contributed by atoms with Gasteiger partial charge in [0.2, 0.25) is 0 Å². The first-order valence-corrected chi connectivity index (χ1v) is 6.83. The quantitative estimate of drug-likeness (QED) is 0.856. The van der Waals surface area contributed by atoms with Crippen LogP contribution in [0.25, 0.3) is 0 Å². The molecule has 1 unspecified atom stereocenters. The van der Waals surface area contributed by atoms with Crippen molar-refractivity contribution < 1.29 is 8.78 Å². The molecule has 0 aliphatic rings. The lowest BCUT2D eigenvalue weighted by Crippen LogP contribution is -2.20. The Kier molecular flexibility index (Phi) is 4.97. The molecule has 0 fully saturated rings. The van der Waals surface area contributed by atoms with Crippen molar-refractivity contribution in [3.8, 4) is 0 Å². The Bertz CT molecular complexity index is 617. The second-order valence-electron chi connectivity index (χ2n) is 4.45. The fourth-order valence-corrected chi connectivity index (χ4v) is 2.56.